The number of hydrogen-bond donors (Lipinski definition) is 2. The SMILES string of the molecule is Cc1nc(NC(=O)C(C)N)sc1-c1ccc2c(c1)CN=C2/C=C/c1ccccn1. The second-order valence-electron chi connectivity index (χ2n) is 6.87. The molecule has 1 atom stereocenters. The van der Waals surface area contributed by atoms with Gasteiger partial charge in [0, 0.05) is 11.8 Å². The van der Waals surface area contributed by atoms with Gasteiger partial charge in [-0.2, -0.15) is 0 Å². The van der Waals surface area contributed by atoms with Crippen molar-refractivity contribution >= 4 is 34.2 Å². The van der Waals surface area contributed by atoms with Crippen LogP contribution in [-0.4, -0.2) is 27.6 Å². The predicted octanol–water partition coefficient (Wildman–Crippen LogP) is 3.82. The third-order valence-corrected chi connectivity index (χ3v) is 5.73. The number of carbonyl (C=O) groups excluding carboxylic acids is 1. The number of carbonyl (C=O) groups is 1. The van der Waals surface area contributed by atoms with E-state index in [0.29, 0.717) is 11.7 Å². The van der Waals surface area contributed by atoms with Gasteiger partial charge in [0.15, 0.2) is 5.13 Å². The van der Waals surface area contributed by atoms with E-state index in [-0.39, 0.29) is 5.91 Å². The number of aromatic nitrogens is 2. The van der Waals surface area contributed by atoms with Crippen LogP contribution in [0, 0.1) is 6.92 Å². The molecule has 1 unspecified atom stereocenters. The smallest absolute Gasteiger partial charge is 0.242 e. The number of nitrogens with two attached hydrogens (primary N) is 1. The van der Waals surface area contributed by atoms with Crippen molar-refractivity contribution in [2.75, 3.05) is 5.32 Å². The van der Waals surface area contributed by atoms with Crippen LogP contribution >= 0.6 is 11.3 Å². The van der Waals surface area contributed by atoms with E-state index < -0.39 is 6.04 Å². The van der Waals surface area contributed by atoms with Crippen molar-refractivity contribution in [2.24, 2.45) is 10.7 Å². The minimum absolute atomic E-state index is 0.239. The summed E-state index contributed by atoms with van der Waals surface area (Å²) in [6.07, 6.45) is 5.76. The largest absolute Gasteiger partial charge is 0.320 e. The van der Waals surface area contributed by atoms with Gasteiger partial charge in [0.25, 0.3) is 0 Å². The molecule has 0 aliphatic carbocycles. The fraction of sp³-hybridized carbons (Fsp3) is 0.182. The quantitative estimate of drug-likeness (QED) is 0.677. The third kappa shape index (κ3) is 4.16. The molecule has 0 radical (unpaired) electrons. The predicted molar refractivity (Wildman–Crippen MR) is 118 cm³/mol. The van der Waals surface area contributed by atoms with Gasteiger partial charge in [0.1, 0.15) is 0 Å². The van der Waals surface area contributed by atoms with Gasteiger partial charge < -0.3 is 11.1 Å². The fourth-order valence-corrected chi connectivity index (χ4v) is 4.06. The van der Waals surface area contributed by atoms with Gasteiger partial charge >= 0.3 is 0 Å². The maximum Gasteiger partial charge on any atom is 0.242 e. The second-order valence-corrected chi connectivity index (χ2v) is 7.87. The molecule has 0 saturated heterocycles. The molecule has 0 saturated carbocycles. The van der Waals surface area contributed by atoms with Crippen molar-refractivity contribution in [3.63, 3.8) is 0 Å². The standard InChI is InChI=1S/C22H21N5OS/c1-13(23)21(28)27-22-26-14(2)20(29-22)15-6-8-18-16(11-15)12-25-19(18)9-7-17-5-3-4-10-24-17/h3-11,13H,12,23H2,1-2H3,(H,26,27,28)/b9-7+. The second kappa shape index (κ2) is 8.06. The number of amides is 1. The zero-order chi connectivity index (χ0) is 20.4. The summed E-state index contributed by atoms with van der Waals surface area (Å²) in [6, 6.07) is 11.6. The van der Waals surface area contributed by atoms with E-state index in [1.54, 1.807) is 13.1 Å². The summed E-state index contributed by atoms with van der Waals surface area (Å²) < 4.78 is 0. The zero-order valence-corrected chi connectivity index (χ0v) is 17.0. The minimum atomic E-state index is -0.572. The maximum atomic E-state index is 11.8. The van der Waals surface area contributed by atoms with Gasteiger partial charge in [-0.1, -0.05) is 29.5 Å². The lowest BCUT2D eigenvalue weighted by Gasteiger charge is -2.04. The van der Waals surface area contributed by atoms with Crippen molar-refractivity contribution in [3.05, 3.63) is 71.2 Å². The Balaban J connectivity index is 1.55. The van der Waals surface area contributed by atoms with Crippen molar-refractivity contribution < 1.29 is 4.79 Å². The summed E-state index contributed by atoms with van der Waals surface area (Å²) in [5, 5.41) is 3.34. The number of allylic oxidation sites excluding steroid dienone is 1. The van der Waals surface area contributed by atoms with Gasteiger partial charge in [0.05, 0.1) is 34.6 Å². The molecule has 0 bridgehead atoms. The lowest BCUT2D eigenvalue weighted by Crippen LogP contribution is -2.32. The number of aliphatic imine (C=N–C) groups is 1. The van der Waals surface area contributed by atoms with Crippen LogP contribution in [0.3, 0.4) is 0 Å². The lowest BCUT2D eigenvalue weighted by atomic mass is 10.0. The highest BCUT2D eigenvalue weighted by molar-refractivity contribution is 7.19. The molecule has 3 N–H and O–H groups in total. The van der Waals surface area contributed by atoms with Gasteiger partial charge in [-0.3, -0.25) is 14.8 Å². The zero-order valence-electron chi connectivity index (χ0n) is 16.2. The first-order valence-corrected chi connectivity index (χ1v) is 10.1. The number of pyridine rings is 1. The molecule has 146 valence electrons. The molecule has 4 rings (SSSR count). The fourth-order valence-electron chi connectivity index (χ4n) is 3.09. The van der Waals surface area contributed by atoms with E-state index in [1.165, 1.54) is 16.9 Å². The first-order valence-electron chi connectivity index (χ1n) is 9.32. The summed E-state index contributed by atoms with van der Waals surface area (Å²) >= 11 is 1.45. The van der Waals surface area contributed by atoms with Crippen LogP contribution in [0.1, 0.15) is 29.4 Å². The summed E-state index contributed by atoms with van der Waals surface area (Å²) in [4.78, 5) is 26.3. The van der Waals surface area contributed by atoms with E-state index >= 15 is 0 Å². The monoisotopic (exact) mass is 403 g/mol. The van der Waals surface area contributed by atoms with Gasteiger partial charge in [-0.05, 0) is 55.3 Å². The molecule has 0 fully saturated rings. The van der Waals surface area contributed by atoms with E-state index in [1.807, 2.05) is 37.3 Å². The summed E-state index contributed by atoms with van der Waals surface area (Å²) in [6.45, 7) is 4.24. The first-order chi connectivity index (χ1) is 14.0. The number of nitrogens with zero attached hydrogens (tertiary/aromatic N) is 3. The Morgan fingerprint density at radius 2 is 2.14 bits per heavy atom. The van der Waals surface area contributed by atoms with Crippen LogP contribution in [0.4, 0.5) is 5.13 Å². The number of fused-ring (bicyclic) bond motifs is 1. The highest BCUT2D eigenvalue weighted by Crippen LogP contribution is 2.35. The first kappa shape index (κ1) is 19.2. The summed E-state index contributed by atoms with van der Waals surface area (Å²) in [7, 11) is 0. The van der Waals surface area contributed by atoms with Crippen molar-refractivity contribution in [1.82, 2.24) is 9.97 Å². The number of anilines is 1. The molecule has 1 aliphatic rings. The molecule has 29 heavy (non-hydrogen) atoms. The molecule has 0 spiro atoms. The van der Waals surface area contributed by atoms with Crippen molar-refractivity contribution in [1.29, 1.82) is 0 Å². The van der Waals surface area contributed by atoms with Crippen molar-refractivity contribution in [3.8, 4) is 10.4 Å². The van der Waals surface area contributed by atoms with Crippen LogP contribution in [0.15, 0.2) is 53.7 Å². The third-order valence-electron chi connectivity index (χ3n) is 4.60. The highest BCUT2D eigenvalue weighted by Gasteiger charge is 2.18. The minimum Gasteiger partial charge on any atom is -0.320 e. The van der Waals surface area contributed by atoms with E-state index in [9.17, 15) is 4.79 Å². The van der Waals surface area contributed by atoms with Crippen LogP contribution in [0.25, 0.3) is 16.5 Å². The van der Waals surface area contributed by atoms with Crippen LogP contribution in [0.2, 0.25) is 0 Å². The number of nitrogens with one attached hydrogen (secondary N) is 1. The molecule has 2 aromatic heterocycles. The van der Waals surface area contributed by atoms with Gasteiger partial charge in [-0.25, -0.2) is 4.98 Å². The number of hydrogen-bond acceptors (Lipinski definition) is 6. The number of rotatable bonds is 5. The topological polar surface area (TPSA) is 93.3 Å². The molecular weight excluding hydrogens is 382 g/mol. The molecular formula is C22H21N5OS. The summed E-state index contributed by atoms with van der Waals surface area (Å²) in [5.74, 6) is -0.239. The Morgan fingerprint density at radius 3 is 2.90 bits per heavy atom. The van der Waals surface area contributed by atoms with Gasteiger partial charge in [0.2, 0.25) is 5.91 Å². The van der Waals surface area contributed by atoms with Crippen LogP contribution in [0.5, 0.6) is 0 Å². The molecule has 1 aromatic carbocycles. The molecule has 3 aromatic rings. The Bertz CT molecular complexity index is 1120. The Labute approximate surface area is 173 Å². The number of aryl methyl sites for hydroxylation is 1. The molecule has 7 heteroatoms. The Kier molecular flexibility index (Phi) is 5.33. The molecule has 1 amide bonds. The average Bonchev–Trinajstić information content (AvgIpc) is 3.29. The Morgan fingerprint density at radius 1 is 1.28 bits per heavy atom. The number of benzene rings is 1. The lowest BCUT2D eigenvalue weighted by molar-refractivity contribution is -0.117. The van der Waals surface area contributed by atoms with Crippen LogP contribution < -0.4 is 11.1 Å². The summed E-state index contributed by atoms with van der Waals surface area (Å²) in [5.41, 5.74) is 11.7. The van der Waals surface area contributed by atoms with E-state index in [2.05, 4.69) is 38.5 Å². The van der Waals surface area contributed by atoms with Gasteiger partial charge in [-0.15, -0.1) is 0 Å². The average molecular weight is 404 g/mol. The molecule has 6 nitrogen and oxygen atoms in total. The molecule has 1 aliphatic heterocycles. The molecule has 3 heterocycles. The number of thiazole rings is 1. The van der Waals surface area contributed by atoms with Crippen LogP contribution in [-0.2, 0) is 11.3 Å². The van der Waals surface area contributed by atoms with Crippen molar-refractivity contribution in [2.45, 2.75) is 26.4 Å². The normalized spacial score (nSPS) is 14.0. The highest BCUT2D eigenvalue weighted by atomic mass is 32.1. The Hall–Kier alpha value is -3.16. The maximum absolute atomic E-state index is 11.8. The van der Waals surface area contributed by atoms with E-state index in [0.717, 1.165) is 33.1 Å². The van der Waals surface area contributed by atoms with E-state index in [4.69, 9.17) is 5.73 Å².